The zero-order valence-corrected chi connectivity index (χ0v) is 14.9. The summed E-state index contributed by atoms with van der Waals surface area (Å²) < 4.78 is 0. The van der Waals surface area contributed by atoms with Crippen molar-refractivity contribution >= 4 is 5.97 Å². The predicted molar refractivity (Wildman–Crippen MR) is 105 cm³/mol. The predicted octanol–water partition coefficient (Wildman–Crippen LogP) is 6.55. The van der Waals surface area contributed by atoms with Gasteiger partial charge in [0.25, 0.3) is 0 Å². The van der Waals surface area contributed by atoms with Gasteiger partial charge in [-0.05, 0) is 44.9 Å². The van der Waals surface area contributed by atoms with E-state index < -0.39 is 5.97 Å². The van der Waals surface area contributed by atoms with E-state index >= 15 is 0 Å². The maximum absolute atomic E-state index is 10.3. The number of rotatable bonds is 14. The van der Waals surface area contributed by atoms with E-state index in [4.69, 9.17) is 5.11 Å². The Morgan fingerprint density at radius 1 is 0.625 bits per heavy atom. The maximum atomic E-state index is 10.3. The highest BCUT2D eigenvalue weighted by atomic mass is 16.4. The zero-order valence-electron chi connectivity index (χ0n) is 14.9. The molecule has 0 unspecified atom stereocenters. The summed E-state index contributed by atoms with van der Waals surface area (Å²) in [5, 5.41) is 8.49. The van der Waals surface area contributed by atoms with Crippen molar-refractivity contribution in [2.24, 2.45) is 0 Å². The van der Waals surface area contributed by atoms with Crippen molar-refractivity contribution in [3.05, 3.63) is 72.9 Å². The highest BCUT2D eigenvalue weighted by molar-refractivity contribution is 5.66. The van der Waals surface area contributed by atoms with Gasteiger partial charge in [0.05, 0.1) is 0 Å². The summed E-state index contributed by atoms with van der Waals surface area (Å²) in [5.74, 6) is -0.741. The molecule has 0 amide bonds. The highest BCUT2D eigenvalue weighted by Crippen LogP contribution is 1.97. The quantitative estimate of drug-likeness (QED) is 0.367. The summed E-state index contributed by atoms with van der Waals surface area (Å²) in [6, 6.07) is 0. The van der Waals surface area contributed by atoms with E-state index in [9.17, 15) is 4.79 Å². The molecule has 0 radical (unpaired) electrons. The van der Waals surface area contributed by atoms with Gasteiger partial charge in [0.1, 0.15) is 0 Å². The van der Waals surface area contributed by atoms with E-state index in [1.54, 1.807) is 0 Å². The molecule has 0 spiro atoms. The average molecular weight is 328 g/mol. The monoisotopic (exact) mass is 328 g/mol. The smallest absolute Gasteiger partial charge is 0.303 e. The first-order chi connectivity index (χ1) is 11.8. The van der Waals surface area contributed by atoms with Crippen molar-refractivity contribution in [1.29, 1.82) is 0 Å². The summed E-state index contributed by atoms with van der Waals surface area (Å²) in [7, 11) is 0. The Morgan fingerprint density at radius 3 is 1.29 bits per heavy atom. The summed E-state index contributed by atoms with van der Waals surface area (Å²) in [5.41, 5.74) is 0. The number of hydrogen-bond donors (Lipinski definition) is 1. The second-order valence-electron chi connectivity index (χ2n) is 5.35. The van der Waals surface area contributed by atoms with Gasteiger partial charge in [0.15, 0.2) is 0 Å². The first-order valence-corrected chi connectivity index (χ1v) is 8.89. The van der Waals surface area contributed by atoms with Crippen LogP contribution in [0.4, 0.5) is 0 Å². The van der Waals surface area contributed by atoms with Crippen molar-refractivity contribution in [3.63, 3.8) is 0 Å². The van der Waals surface area contributed by atoms with Crippen LogP contribution in [-0.2, 0) is 4.79 Å². The fourth-order valence-electron chi connectivity index (χ4n) is 1.85. The molecule has 1 N–H and O–H groups in total. The van der Waals surface area contributed by atoms with E-state index in [0.717, 1.165) is 38.5 Å². The van der Waals surface area contributed by atoms with Crippen molar-refractivity contribution in [2.75, 3.05) is 0 Å². The van der Waals surface area contributed by atoms with E-state index in [0.29, 0.717) is 6.42 Å². The molecule has 2 nitrogen and oxygen atoms in total. The molecule has 0 aromatic rings. The molecule has 2 heteroatoms. The molecule has 0 fully saturated rings. The fourth-order valence-corrected chi connectivity index (χ4v) is 1.85. The molecular formula is C22H32O2. The third-order valence-electron chi connectivity index (χ3n) is 3.12. The Kier molecular flexibility index (Phi) is 17.3. The molecule has 0 aliphatic heterocycles. The Bertz CT molecular complexity index is 462. The Labute approximate surface area is 147 Å². The topological polar surface area (TPSA) is 37.3 Å². The molecule has 0 aliphatic carbocycles. The molecule has 0 heterocycles. The maximum Gasteiger partial charge on any atom is 0.303 e. The lowest BCUT2D eigenvalue weighted by Gasteiger charge is -1.87. The molecule has 0 saturated heterocycles. The molecule has 0 bridgehead atoms. The van der Waals surface area contributed by atoms with Crippen LogP contribution in [0.25, 0.3) is 0 Å². The average Bonchev–Trinajstić information content (AvgIpc) is 2.56. The van der Waals surface area contributed by atoms with Gasteiger partial charge in [-0.15, -0.1) is 0 Å². The van der Waals surface area contributed by atoms with Crippen molar-refractivity contribution in [2.45, 2.75) is 58.3 Å². The molecule has 132 valence electrons. The first-order valence-electron chi connectivity index (χ1n) is 8.89. The number of allylic oxidation sites excluding steroid dienone is 12. The molecule has 0 rings (SSSR count). The van der Waals surface area contributed by atoms with Gasteiger partial charge in [-0.2, -0.15) is 0 Å². The lowest BCUT2D eigenvalue weighted by atomic mass is 10.2. The normalized spacial score (nSPS) is 13.0. The second kappa shape index (κ2) is 19.0. The van der Waals surface area contributed by atoms with Gasteiger partial charge in [-0.25, -0.2) is 0 Å². The van der Waals surface area contributed by atoms with E-state index in [2.05, 4.69) is 67.7 Å². The first kappa shape index (κ1) is 21.9. The number of carboxylic acid groups (broad SMARTS) is 1. The van der Waals surface area contributed by atoms with Gasteiger partial charge in [0.2, 0.25) is 0 Å². The minimum atomic E-state index is -0.741. The number of hydrogen-bond acceptors (Lipinski definition) is 1. The van der Waals surface area contributed by atoms with Gasteiger partial charge in [0, 0.05) is 6.42 Å². The van der Waals surface area contributed by atoms with Crippen LogP contribution in [0.2, 0.25) is 0 Å². The van der Waals surface area contributed by atoms with Gasteiger partial charge in [-0.3, -0.25) is 4.79 Å². The second-order valence-corrected chi connectivity index (χ2v) is 5.35. The lowest BCUT2D eigenvalue weighted by molar-refractivity contribution is -0.136. The van der Waals surface area contributed by atoms with Crippen LogP contribution in [0.5, 0.6) is 0 Å². The summed E-state index contributed by atoms with van der Waals surface area (Å²) >= 11 is 0. The fraction of sp³-hybridized carbons (Fsp3) is 0.409. The van der Waals surface area contributed by atoms with Crippen molar-refractivity contribution in [1.82, 2.24) is 0 Å². The van der Waals surface area contributed by atoms with Gasteiger partial charge < -0.3 is 5.11 Å². The number of aliphatic carboxylic acids is 1. The SMILES string of the molecule is CC/C=C/C/C=C/C/C=C/C/C=C/C/C=C/C/C=C/CCC(=O)O. The molecule has 0 aromatic heterocycles. The number of carboxylic acids is 1. The minimum Gasteiger partial charge on any atom is -0.481 e. The lowest BCUT2D eigenvalue weighted by Crippen LogP contribution is -1.91. The summed E-state index contributed by atoms with van der Waals surface area (Å²) in [6.07, 6.45) is 32.5. The van der Waals surface area contributed by atoms with Crippen molar-refractivity contribution in [3.8, 4) is 0 Å². The van der Waals surface area contributed by atoms with Crippen LogP contribution < -0.4 is 0 Å². The molecule has 0 saturated carbocycles. The van der Waals surface area contributed by atoms with Gasteiger partial charge >= 0.3 is 5.97 Å². The molecular weight excluding hydrogens is 296 g/mol. The van der Waals surface area contributed by atoms with Crippen LogP contribution in [0.3, 0.4) is 0 Å². The third-order valence-corrected chi connectivity index (χ3v) is 3.12. The largest absolute Gasteiger partial charge is 0.481 e. The zero-order chi connectivity index (χ0) is 17.7. The van der Waals surface area contributed by atoms with Crippen LogP contribution in [0.1, 0.15) is 58.3 Å². The minimum absolute atomic E-state index is 0.210. The van der Waals surface area contributed by atoms with Crippen LogP contribution in [0, 0.1) is 0 Å². The Balaban J connectivity index is 3.51. The number of carbonyl (C=O) groups is 1. The summed E-state index contributed by atoms with van der Waals surface area (Å²) in [6.45, 7) is 2.15. The molecule has 24 heavy (non-hydrogen) atoms. The van der Waals surface area contributed by atoms with Crippen LogP contribution >= 0.6 is 0 Å². The van der Waals surface area contributed by atoms with Crippen LogP contribution in [-0.4, -0.2) is 11.1 Å². The highest BCUT2D eigenvalue weighted by Gasteiger charge is 1.90. The van der Waals surface area contributed by atoms with E-state index in [1.807, 2.05) is 12.2 Å². The van der Waals surface area contributed by atoms with Crippen LogP contribution in [0.15, 0.2) is 72.9 Å². The molecule has 0 aliphatic rings. The molecule has 0 atom stereocenters. The van der Waals surface area contributed by atoms with E-state index in [1.165, 1.54) is 0 Å². The third kappa shape index (κ3) is 19.9. The van der Waals surface area contributed by atoms with Crippen molar-refractivity contribution < 1.29 is 9.90 Å². The van der Waals surface area contributed by atoms with Gasteiger partial charge in [-0.1, -0.05) is 79.8 Å². The standard InChI is InChI=1S/C22H32O2/c1-2-3-4-5-6-7-8-9-10-11-12-13-14-15-16-17-18-19-20-21-22(23)24/h3-4,6-7,9-10,12-13,15-16,18-19H,2,5,8,11,14,17,20-21H2,1H3,(H,23,24)/b4-3+,7-6+,10-9+,13-12+,16-15+,19-18+. The Hall–Kier alpha value is -2.09. The molecule has 0 aromatic carbocycles. The Morgan fingerprint density at radius 2 is 0.958 bits per heavy atom. The summed E-state index contributed by atoms with van der Waals surface area (Å²) in [4.78, 5) is 10.3. The van der Waals surface area contributed by atoms with E-state index in [-0.39, 0.29) is 6.42 Å².